The highest BCUT2D eigenvalue weighted by Crippen LogP contribution is 2.30. The van der Waals surface area contributed by atoms with E-state index in [1.54, 1.807) is 30.3 Å². The second-order valence-electron chi connectivity index (χ2n) is 6.34. The Morgan fingerprint density at radius 1 is 1.28 bits per heavy atom. The highest BCUT2D eigenvalue weighted by molar-refractivity contribution is 5.70. The predicted molar refractivity (Wildman–Crippen MR) is 93.1 cm³/mol. The van der Waals surface area contributed by atoms with Crippen LogP contribution >= 0.6 is 0 Å². The molecule has 0 saturated heterocycles. The largest absolute Gasteiger partial charge is 0.481 e. The Balaban J connectivity index is 2.00. The molecule has 0 aliphatic carbocycles. The minimum atomic E-state index is -0.818. The number of aliphatic carboxylic acids is 1. The van der Waals surface area contributed by atoms with Crippen molar-refractivity contribution in [2.75, 3.05) is 6.54 Å². The van der Waals surface area contributed by atoms with Crippen LogP contribution in [0.2, 0.25) is 0 Å². The minimum absolute atomic E-state index is 0.0146. The lowest BCUT2D eigenvalue weighted by atomic mass is 9.97. The Bertz CT molecular complexity index is 739. The van der Waals surface area contributed by atoms with Gasteiger partial charge >= 0.3 is 5.97 Å². The van der Waals surface area contributed by atoms with Crippen molar-refractivity contribution < 1.29 is 19.2 Å². The Kier molecular flexibility index (Phi) is 6.30. The number of carboxylic acid groups (broad SMARTS) is 1. The van der Waals surface area contributed by atoms with Crippen LogP contribution in [0.3, 0.4) is 0 Å². The van der Waals surface area contributed by atoms with Gasteiger partial charge in [0.05, 0.1) is 22.9 Å². The van der Waals surface area contributed by atoms with Gasteiger partial charge < -0.3 is 14.8 Å². The maximum Gasteiger partial charge on any atom is 0.307 e. The summed E-state index contributed by atoms with van der Waals surface area (Å²) in [7, 11) is 0. The number of nitro benzene ring substituents is 1. The number of carbonyl (C=O) groups is 1. The first-order valence-electron chi connectivity index (χ1n) is 8.14. The average Bonchev–Trinajstić information content (AvgIpc) is 3.02. The summed E-state index contributed by atoms with van der Waals surface area (Å²) in [6, 6.07) is 9.80. The van der Waals surface area contributed by atoms with Gasteiger partial charge in [-0.2, -0.15) is 0 Å². The fourth-order valence-corrected chi connectivity index (χ4v) is 2.67. The molecule has 134 valence electrons. The van der Waals surface area contributed by atoms with Crippen molar-refractivity contribution in [2.24, 2.45) is 11.8 Å². The summed E-state index contributed by atoms with van der Waals surface area (Å²) in [6.45, 7) is 4.68. The van der Waals surface area contributed by atoms with E-state index in [2.05, 4.69) is 5.32 Å². The van der Waals surface area contributed by atoms with Gasteiger partial charge in [-0.1, -0.05) is 26.0 Å². The van der Waals surface area contributed by atoms with Gasteiger partial charge in [-0.15, -0.1) is 0 Å². The molecule has 1 aromatic carbocycles. The summed E-state index contributed by atoms with van der Waals surface area (Å²) in [6.07, 6.45) is 0.599. The second kappa shape index (κ2) is 8.43. The van der Waals surface area contributed by atoms with Gasteiger partial charge in [0, 0.05) is 12.6 Å². The number of carboxylic acids is 1. The van der Waals surface area contributed by atoms with Crippen molar-refractivity contribution in [3.63, 3.8) is 0 Å². The number of para-hydroxylation sites is 1. The van der Waals surface area contributed by atoms with Gasteiger partial charge in [-0.25, -0.2) is 0 Å². The van der Waals surface area contributed by atoms with Crippen molar-refractivity contribution in [1.29, 1.82) is 0 Å². The Morgan fingerprint density at radius 3 is 2.64 bits per heavy atom. The lowest BCUT2D eigenvalue weighted by Gasteiger charge is -2.14. The zero-order valence-electron chi connectivity index (χ0n) is 14.3. The molecule has 25 heavy (non-hydrogen) atoms. The third-order valence-corrected chi connectivity index (χ3v) is 3.82. The zero-order valence-corrected chi connectivity index (χ0v) is 14.3. The fourth-order valence-electron chi connectivity index (χ4n) is 2.67. The van der Waals surface area contributed by atoms with Gasteiger partial charge in [-0.3, -0.25) is 14.9 Å². The summed E-state index contributed by atoms with van der Waals surface area (Å²) in [5, 5.41) is 23.4. The van der Waals surface area contributed by atoms with Crippen molar-refractivity contribution in [1.82, 2.24) is 5.32 Å². The summed E-state index contributed by atoms with van der Waals surface area (Å²) in [5.74, 6) is 0.0468. The molecule has 7 heteroatoms. The molecule has 1 heterocycles. The van der Waals surface area contributed by atoms with E-state index >= 15 is 0 Å². The highest BCUT2D eigenvalue weighted by atomic mass is 16.6. The van der Waals surface area contributed by atoms with Crippen LogP contribution in [0.15, 0.2) is 40.8 Å². The molecule has 2 rings (SSSR count). The second-order valence-corrected chi connectivity index (χ2v) is 6.34. The zero-order chi connectivity index (χ0) is 18.4. The van der Waals surface area contributed by atoms with Gasteiger partial charge in [-0.05, 0) is 30.5 Å². The molecular weight excluding hydrogens is 324 g/mol. The number of nitrogens with one attached hydrogen (secondary N) is 1. The molecule has 2 aromatic rings. The maximum atomic E-state index is 11.2. The van der Waals surface area contributed by atoms with E-state index < -0.39 is 16.8 Å². The molecule has 0 aliphatic heterocycles. The maximum absolute atomic E-state index is 11.2. The molecule has 1 atom stereocenters. The number of nitrogens with zero attached hydrogens (tertiary/aromatic N) is 1. The lowest BCUT2D eigenvalue weighted by Crippen LogP contribution is -2.29. The van der Waals surface area contributed by atoms with Crippen LogP contribution in [0.4, 0.5) is 5.69 Å². The van der Waals surface area contributed by atoms with Gasteiger partial charge in [0.2, 0.25) is 0 Å². The molecule has 0 saturated carbocycles. The van der Waals surface area contributed by atoms with Crippen molar-refractivity contribution in [3.05, 3.63) is 52.3 Å². The summed E-state index contributed by atoms with van der Waals surface area (Å²) in [4.78, 5) is 21.9. The van der Waals surface area contributed by atoms with Gasteiger partial charge in [0.1, 0.15) is 11.5 Å². The van der Waals surface area contributed by atoms with E-state index in [-0.39, 0.29) is 5.69 Å². The van der Waals surface area contributed by atoms with Crippen molar-refractivity contribution in [3.8, 4) is 11.3 Å². The number of hydrogen-bond acceptors (Lipinski definition) is 5. The first-order valence-corrected chi connectivity index (χ1v) is 8.14. The van der Waals surface area contributed by atoms with Crippen LogP contribution in [-0.2, 0) is 11.3 Å². The monoisotopic (exact) mass is 346 g/mol. The van der Waals surface area contributed by atoms with Crippen LogP contribution in [-0.4, -0.2) is 22.5 Å². The third-order valence-electron chi connectivity index (χ3n) is 3.82. The molecule has 0 radical (unpaired) electrons. The number of benzene rings is 1. The van der Waals surface area contributed by atoms with Crippen LogP contribution in [0.1, 0.15) is 26.0 Å². The molecule has 1 unspecified atom stereocenters. The molecule has 0 amide bonds. The number of hydrogen-bond donors (Lipinski definition) is 2. The summed E-state index contributed by atoms with van der Waals surface area (Å²) >= 11 is 0. The Morgan fingerprint density at radius 2 is 2.00 bits per heavy atom. The predicted octanol–water partition coefficient (Wildman–Crippen LogP) is 3.69. The molecule has 7 nitrogen and oxygen atoms in total. The van der Waals surface area contributed by atoms with Crippen LogP contribution in [0, 0.1) is 22.0 Å². The summed E-state index contributed by atoms with van der Waals surface area (Å²) < 4.78 is 5.67. The van der Waals surface area contributed by atoms with Crippen molar-refractivity contribution in [2.45, 2.75) is 26.8 Å². The molecule has 0 fully saturated rings. The van der Waals surface area contributed by atoms with Crippen LogP contribution in [0.25, 0.3) is 11.3 Å². The molecule has 0 bridgehead atoms. The molecular formula is C18H22N2O5. The quantitative estimate of drug-likeness (QED) is 0.530. The topological polar surface area (TPSA) is 106 Å². The highest BCUT2D eigenvalue weighted by Gasteiger charge is 2.19. The minimum Gasteiger partial charge on any atom is -0.481 e. The SMILES string of the molecule is CC(C)CC(CNCc1ccc(-c2ccccc2[N+](=O)[O-])o1)C(=O)O. The smallest absolute Gasteiger partial charge is 0.307 e. The van der Waals surface area contributed by atoms with E-state index in [0.717, 1.165) is 0 Å². The standard InChI is InChI=1S/C18H22N2O5/c1-12(2)9-13(18(21)22)10-19-11-14-7-8-17(25-14)15-5-3-4-6-16(15)20(23)24/h3-8,12-13,19H,9-11H2,1-2H3,(H,21,22). The lowest BCUT2D eigenvalue weighted by molar-refractivity contribution is -0.384. The van der Waals surface area contributed by atoms with Crippen LogP contribution < -0.4 is 5.32 Å². The third kappa shape index (κ3) is 5.15. The fraction of sp³-hybridized carbons (Fsp3) is 0.389. The first-order chi connectivity index (χ1) is 11.9. The molecule has 2 N–H and O–H groups in total. The van der Waals surface area contributed by atoms with E-state index in [1.807, 2.05) is 13.8 Å². The summed E-state index contributed by atoms with van der Waals surface area (Å²) in [5.41, 5.74) is 0.404. The molecule has 1 aromatic heterocycles. The van der Waals surface area contributed by atoms with E-state index in [9.17, 15) is 20.0 Å². The Labute approximate surface area is 145 Å². The Hall–Kier alpha value is -2.67. The van der Waals surface area contributed by atoms with Gasteiger partial charge in [0.25, 0.3) is 5.69 Å². The van der Waals surface area contributed by atoms with E-state index in [4.69, 9.17) is 4.42 Å². The number of furan rings is 1. The van der Waals surface area contributed by atoms with Crippen LogP contribution in [0.5, 0.6) is 0 Å². The van der Waals surface area contributed by atoms with Crippen molar-refractivity contribution >= 4 is 11.7 Å². The molecule has 0 aliphatic rings. The van der Waals surface area contributed by atoms with E-state index in [1.165, 1.54) is 6.07 Å². The van der Waals surface area contributed by atoms with Gasteiger partial charge in [0.15, 0.2) is 0 Å². The normalized spacial score (nSPS) is 12.3. The van der Waals surface area contributed by atoms with E-state index in [0.29, 0.717) is 42.5 Å². The number of nitro groups is 1. The number of rotatable bonds is 9. The first kappa shape index (κ1) is 18.7. The molecule has 0 spiro atoms. The average molecular weight is 346 g/mol.